The Labute approximate surface area is 145 Å². The average molecular weight is 369 g/mol. The van der Waals surface area contributed by atoms with Gasteiger partial charge in [-0.25, -0.2) is 13.2 Å². The van der Waals surface area contributed by atoms with Gasteiger partial charge in [-0.2, -0.15) is 0 Å². The van der Waals surface area contributed by atoms with Gasteiger partial charge in [0.05, 0.1) is 5.56 Å². The molecule has 7 heteroatoms. The van der Waals surface area contributed by atoms with Crippen molar-refractivity contribution in [3.63, 3.8) is 0 Å². The van der Waals surface area contributed by atoms with Crippen molar-refractivity contribution in [2.24, 2.45) is 0 Å². The van der Waals surface area contributed by atoms with Crippen molar-refractivity contribution in [3.05, 3.63) is 69.7 Å². The van der Waals surface area contributed by atoms with Crippen molar-refractivity contribution in [2.45, 2.75) is 6.92 Å². The minimum atomic E-state index is -1.10. The molecule has 2 nitrogen and oxygen atoms in total. The minimum Gasteiger partial charge on any atom is -0.207 e. The molecule has 0 amide bonds. The lowest BCUT2D eigenvalue weighted by Crippen LogP contribution is -2.00. The van der Waals surface area contributed by atoms with E-state index in [-0.39, 0.29) is 21.4 Å². The van der Waals surface area contributed by atoms with E-state index in [1.807, 2.05) is 13.0 Å². The molecule has 0 unspecified atom stereocenters. The lowest BCUT2D eigenvalue weighted by atomic mass is 9.96. The van der Waals surface area contributed by atoms with E-state index < -0.39 is 23.0 Å². The van der Waals surface area contributed by atoms with E-state index in [1.54, 1.807) is 18.2 Å². The lowest BCUT2D eigenvalue weighted by Gasteiger charge is -2.14. The predicted molar refractivity (Wildman–Crippen MR) is 87.5 cm³/mol. The van der Waals surface area contributed by atoms with Crippen LogP contribution in [0.1, 0.15) is 5.56 Å². The quantitative estimate of drug-likeness (QED) is 0.567. The summed E-state index contributed by atoms with van der Waals surface area (Å²) in [5.41, 5.74) is 1.12. The Morgan fingerprint density at radius 2 is 1.38 bits per heavy atom. The van der Waals surface area contributed by atoms with Crippen LogP contribution in [0.2, 0.25) is 10.3 Å². The standard InChI is InChI=1S/C17H9Cl2F3N2/c1-8-3-2-4-9(5-8)13-15(17(19)24-23-16(13)18)14-11(21)6-10(20)7-12(14)22/h2-7H,1H3. The first-order valence-corrected chi connectivity index (χ1v) is 7.57. The molecule has 122 valence electrons. The first kappa shape index (κ1) is 16.7. The Kier molecular flexibility index (Phi) is 4.47. The second kappa shape index (κ2) is 6.42. The minimum absolute atomic E-state index is 0.0666. The number of aromatic nitrogens is 2. The van der Waals surface area contributed by atoms with E-state index in [9.17, 15) is 13.2 Å². The molecule has 0 aliphatic heterocycles. The van der Waals surface area contributed by atoms with E-state index in [0.29, 0.717) is 17.7 Å². The van der Waals surface area contributed by atoms with Crippen molar-refractivity contribution < 1.29 is 13.2 Å². The summed E-state index contributed by atoms with van der Waals surface area (Å²) >= 11 is 12.2. The van der Waals surface area contributed by atoms with Crippen molar-refractivity contribution in [1.82, 2.24) is 10.2 Å². The zero-order chi connectivity index (χ0) is 17.4. The Bertz CT molecular complexity index is 922. The number of nitrogens with zero attached hydrogens (tertiary/aromatic N) is 2. The van der Waals surface area contributed by atoms with Gasteiger partial charge >= 0.3 is 0 Å². The van der Waals surface area contributed by atoms with Crippen LogP contribution in [-0.4, -0.2) is 10.2 Å². The maximum Gasteiger partial charge on any atom is 0.160 e. The highest BCUT2D eigenvalue weighted by Crippen LogP contribution is 2.42. The molecule has 0 saturated heterocycles. The first-order chi connectivity index (χ1) is 11.4. The van der Waals surface area contributed by atoms with Gasteiger partial charge in [-0.05, 0) is 12.5 Å². The molecule has 0 N–H and O–H groups in total. The lowest BCUT2D eigenvalue weighted by molar-refractivity contribution is 0.548. The topological polar surface area (TPSA) is 25.8 Å². The molecule has 0 aliphatic carbocycles. The van der Waals surface area contributed by atoms with Gasteiger partial charge in [0.15, 0.2) is 10.3 Å². The van der Waals surface area contributed by atoms with Gasteiger partial charge in [0.25, 0.3) is 0 Å². The number of hydrogen-bond acceptors (Lipinski definition) is 2. The van der Waals surface area contributed by atoms with Gasteiger partial charge in [0.2, 0.25) is 0 Å². The van der Waals surface area contributed by atoms with E-state index in [4.69, 9.17) is 23.2 Å². The van der Waals surface area contributed by atoms with Gasteiger partial charge in [0.1, 0.15) is 17.5 Å². The fourth-order valence-electron chi connectivity index (χ4n) is 2.47. The second-order valence-corrected chi connectivity index (χ2v) is 5.86. The van der Waals surface area contributed by atoms with Gasteiger partial charge in [-0.3, -0.25) is 0 Å². The van der Waals surface area contributed by atoms with E-state index in [2.05, 4.69) is 10.2 Å². The Morgan fingerprint density at radius 1 is 0.792 bits per heavy atom. The van der Waals surface area contributed by atoms with Gasteiger partial charge in [-0.15, -0.1) is 10.2 Å². The van der Waals surface area contributed by atoms with Crippen molar-refractivity contribution >= 4 is 23.2 Å². The summed E-state index contributed by atoms with van der Waals surface area (Å²) in [4.78, 5) is 0. The molecular weight excluding hydrogens is 360 g/mol. The Balaban J connectivity index is 2.40. The summed E-state index contributed by atoms with van der Waals surface area (Å²) in [6.45, 7) is 1.85. The van der Waals surface area contributed by atoms with Crippen molar-refractivity contribution in [3.8, 4) is 22.3 Å². The molecule has 0 spiro atoms. The largest absolute Gasteiger partial charge is 0.207 e. The molecule has 1 heterocycles. The van der Waals surface area contributed by atoms with Crippen molar-refractivity contribution in [1.29, 1.82) is 0 Å². The number of halogens is 5. The van der Waals surface area contributed by atoms with Crippen LogP contribution in [0.4, 0.5) is 13.2 Å². The third-order valence-electron chi connectivity index (χ3n) is 3.45. The second-order valence-electron chi connectivity index (χ2n) is 5.15. The first-order valence-electron chi connectivity index (χ1n) is 6.82. The van der Waals surface area contributed by atoms with Crippen molar-refractivity contribution in [2.75, 3.05) is 0 Å². The Hall–Kier alpha value is -2.11. The third kappa shape index (κ3) is 2.97. The molecule has 3 aromatic rings. The molecule has 3 rings (SSSR count). The molecule has 0 fully saturated rings. The molecule has 0 bridgehead atoms. The maximum atomic E-state index is 14.3. The number of aryl methyl sites for hydroxylation is 1. The summed E-state index contributed by atoms with van der Waals surface area (Å²) in [5.74, 6) is -3.24. The maximum absolute atomic E-state index is 14.3. The van der Waals surface area contributed by atoms with Crippen LogP contribution in [0.5, 0.6) is 0 Å². The van der Waals surface area contributed by atoms with Crippen LogP contribution in [0.25, 0.3) is 22.3 Å². The zero-order valence-corrected chi connectivity index (χ0v) is 13.8. The van der Waals surface area contributed by atoms with Crippen LogP contribution < -0.4 is 0 Å². The average Bonchev–Trinajstić information content (AvgIpc) is 2.49. The summed E-state index contributed by atoms with van der Waals surface area (Å²) in [6, 6.07) is 8.23. The summed E-state index contributed by atoms with van der Waals surface area (Å²) in [7, 11) is 0. The molecule has 24 heavy (non-hydrogen) atoms. The smallest absolute Gasteiger partial charge is 0.160 e. The molecular formula is C17H9Cl2F3N2. The van der Waals surface area contributed by atoms with Crippen LogP contribution in [-0.2, 0) is 0 Å². The Morgan fingerprint density at radius 3 is 1.96 bits per heavy atom. The van der Waals surface area contributed by atoms with Gasteiger partial charge < -0.3 is 0 Å². The summed E-state index contributed by atoms with van der Waals surface area (Å²) in [6.07, 6.45) is 0. The summed E-state index contributed by atoms with van der Waals surface area (Å²) < 4.78 is 41.7. The molecule has 1 aromatic heterocycles. The number of hydrogen-bond donors (Lipinski definition) is 0. The predicted octanol–water partition coefficient (Wildman–Crippen LogP) is 5.84. The molecule has 0 saturated carbocycles. The fourth-order valence-corrected chi connectivity index (χ4v) is 2.94. The molecule has 0 atom stereocenters. The van der Waals surface area contributed by atoms with Crippen LogP contribution >= 0.6 is 23.2 Å². The SMILES string of the molecule is Cc1cccc(-c2c(Cl)nnc(Cl)c2-c2c(F)cc(F)cc2F)c1. The highest BCUT2D eigenvalue weighted by molar-refractivity contribution is 6.36. The van der Waals surface area contributed by atoms with E-state index in [0.717, 1.165) is 5.56 Å². The van der Waals surface area contributed by atoms with Crippen LogP contribution in [0, 0.1) is 24.4 Å². The number of rotatable bonds is 2. The summed E-state index contributed by atoms with van der Waals surface area (Å²) in [5, 5.41) is 7.03. The normalized spacial score (nSPS) is 10.9. The monoisotopic (exact) mass is 368 g/mol. The molecule has 0 radical (unpaired) electrons. The van der Waals surface area contributed by atoms with Crippen LogP contribution in [0.15, 0.2) is 36.4 Å². The highest BCUT2D eigenvalue weighted by Gasteiger charge is 2.24. The fraction of sp³-hybridized carbons (Fsp3) is 0.0588. The van der Waals surface area contributed by atoms with E-state index >= 15 is 0 Å². The molecule has 2 aromatic carbocycles. The zero-order valence-electron chi connectivity index (χ0n) is 12.2. The van der Waals surface area contributed by atoms with E-state index in [1.165, 1.54) is 0 Å². The van der Waals surface area contributed by atoms with Gasteiger partial charge in [0, 0.05) is 23.3 Å². The number of benzene rings is 2. The van der Waals surface area contributed by atoms with Gasteiger partial charge in [-0.1, -0.05) is 53.0 Å². The third-order valence-corrected chi connectivity index (χ3v) is 3.98. The molecule has 0 aliphatic rings. The van der Waals surface area contributed by atoms with Crippen LogP contribution in [0.3, 0.4) is 0 Å². The highest BCUT2D eigenvalue weighted by atomic mass is 35.5.